The zero-order valence-electron chi connectivity index (χ0n) is 18.8. The number of benzene rings is 4. The van der Waals surface area contributed by atoms with Crippen molar-refractivity contribution in [3.63, 3.8) is 0 Å². The Balaban J connectivity index is 1.29. The Labute approximate surface area is 217 Å². The Morgan fingerprint density at radius 1 is 0.971 bits per heavy atom. The van der Waals surface area contributed by atoms with Crippen molar-refractivity contribution in [2.45, 2.75) is 20.1 Å². The van der Waals surface area contributed by atoms with Crippen LogP contribution >= 0.6 is 34.5 Å². The van der Waals surface area contributed by atoms with Gasteiger partial charge in [-0.15, -0.1) is 11.3 Å². The van der Waals surface area contributed by atoms with Gasteiger partial charge in [0, 0.05) is 33.9 Å². The molecule has 0 unspecified atom stereocenters. The van der Waals surface area contributed by atoms with E-state index in [1.54, 1.807) is 35.6 Å². The molecule has 4 aromatic carbocycles. The average Bonchev–Trinajstić information content (AvgIpc) is 3.27. The standard InChI is InChI=1S/C28H21Cl2FN2OS/c1-17-5-11-25-27(13-17)35-28(33-25)18-6-9-21(10-7-18)32-15-19-14-20(29)8-12-26(19)34-16-22-23(30)3-2-4-24(22)31/h2-14,32H,15-16H2,1H3. The number of fused-ring (bicyclic) bond motifs is 1. The number of thiazole rings is 1. The van der Waals surface area contributed by atoms with E-state index in [0.29, 0.717) is 27.9 Å². The predicted octanol–water partition coefficient (Wildman–Crippen LogP) is 8.91. The van der Waals surface area contributed by atoms with Gasteiger partial charge in [-0.05, 0) is 79.2 Å². The number of halogens is 3. The third kappa shape index (κ3) is 5.43. The van der Waals surface area contributed by atoms with Crippen molar-refractivity contribution >= 4 is 50.4 Å². The van der Waals surface area contributed by atoms with Crippen LogP contribution in [0, 0.1) is 12.7 Å². The van der Waals surface area contributed by atoms with Crippen molar-refractivity contribution in [3.8, 4) is 16.3 Å². The molecule has 1 N–H and O–H groups in total. The molecule has 0 radical (unpaired) electrons. The van der Waals surface area contributed by atoms with Gasteiger partial charge in [0.15, 0.2) is 0 Å². The molecule has 0 spiro atoms. The second-order valence-electron chi connectivity index (χ2n) is 8.16. The molecule has 0 fully saturated rings. The number of aromatic nitrogens is 1. The van der Waals surface area contributed by atoms with Gasteiger partial charge in [0.25, 0.3) is 0 Å². The highest BCUT2D eigenvalue weighted by molar-refractivity contribution is 7.21. The predicted molar refractivity (Wildman–Crippen MR) is 144 cm³/mol. The van der Waals surface area contributed by atoms with E-state index in [9.17, 15) is 4.39 Å². The lowest BCUT2D eigenvalue weighted by atomic mass is 10.1. The summed E-state index contributed by atoms with van der Waals surface area (Å²) in [6.45, 7) is 2.60. The second kappa shape index (κ2) is 10.2. The van der Waals surface area contributed by atoms with E-state index in [2.05, 4.69) is 42.6 Å². The van der Waals surface area contributed by atoms with Gasteiger partial charge in [-0.3, -0.25) is 0 Å². The fourth-order valence-electron chi connectivity index (χ4n) is 3.73. The van der Waals surface area contributed by atoms with Crippen LogP contribution in [0.5, 0.6) is 5.75 Å². The molecular weight excluding hydrogens is 502 g/mol. The number of hydrogen-bond acceptors (Lipinski definition) is 4. The highest BCUT2D eigenvalue weighted by Crippen LogP contribution is 2.32. The molecule has 176 valence electrons. The molecule has 0 aliphatic rings. The molecule has 1 heterocycles. The molecule has 5 rings (SSSR count). The highest BCUT2D eigenvalue weighted by Gasteiger charge is 2.11. The van der Waals surface area contributed by atoms with Crippen LogP contribution in [0.4, 0.5) is 10.1 Å². The van der Waals surface area contributed by atoms with Gasteiger partial charge < -0.3 is 10.1 Å². The molecule has 35 heavy (non-hydrogen) atoms. The molecule has 0 saturated carbocycles. The number of aryl methyl sites for hydroxylation is 1. The number of ether oxygens (including phenoxy) is 1. The molecule has 0 aliphatic carbocycles. The Morgan fingerprint density at radius 2 is 1.80 bits per heavy atom. The van der Waals surface area contributed by atoms with Crippen LogP contribution in [0.1, 0.15) is 16.7 Å². The van der Waals surface area contributed by atoms with Crippen LogP contribution in [0.25, 0.3) is 20.8 Å². The maximum atomic E-state index is 14.1. The van der Waals surface area contributed by atoms with Crippen molar-refractivity contribution in [1.82, 2.24) is 4.98 Å². The normalized spacial score (nSPS) is 11.1. The zero-order valence-corrected chi connectivity index (χ0v) is 21.1. The lowest BCUT2D eigenvalue weighted by Gasteiger charge is -2.14. The summed E-state index contributed by atoms with van der Waals surface area (Å²) in [6.07, 6.45) is 0. The average molecular weight is 523 g/mol. The van der Waals surface area contributed by atoms with E-state index in [4.69, 9.17) is 32.9 Å². The van der Waals surface area contributed by atoms with Gasteiger partial charge in [0.2, 0.25) is 0 Å². The van der Waals surface area contributed by atoms with Gasteiger partial charge in [0.1, 0.15) is 23.2 Å². The van der Waals surface area contributed by atoms with Crippen LogP contribution in [-0.2, 0) is 13.2 Å². The molecule has 0 bridgehead atoms. The van der Waals surface area contributed by atoms with Crippen LogP contribution in [0.15, 0.2) is 78.9 Å². The molecule has 0 aliphatic heterocycles. The summed E-state index contributed by atoms with van der Waals surface area (Å²) in [5.41, 5.74) is 5.45. The van der Waals surface area contributed by atoms with Crippen molar-refractivity contribution in [2.24, 2.45) is 0 Å². The molecule has 0 amide bonds. The second-order valence-corrected chi connectivity index (χ2v) is 10.0. The fraction of sp³-hybridized carbons (Fsp3) is 0.107. The molecule has 0 atom stereocenters. The lowest BCUT2D eigenvalue weighted by Crippen LogP contribution is -2.05. The van der Waals surface area contributed by atoms with Crippen molar-refractivity contribution in [2.75, 3.05) is 5.32 Å². The summed E-state index contributed by atoms with van der Waals surface area (Å²) in [6, 6.07) is 24.4. The largest absolute Gasteiger partial charge is 0.488 e. The van der Waals surface area contributed by atoms with Crippen LogP contribution < -0.4 is 10.1 Å². The Bertz CT molecular complexity index is 1480. The summed E-state index contributed by atoms with van der Waals surface area (Å²) in [7, 11) is 0. The third-order valence-electron chi connectivity index (χ3n) is 5.61. The molecule has 3 nitrogen and oxygen atoms in total. The van der Waals surface area contributed by atoms with Gasteiger partial charge in [-0.1, -0.05) is 35.3 Å². The van der Waals surface area contributed by atoms with Crippen LogP contribution in [0.3, 0.4) is 0 Å². The van der Waals surface area contributed by atoms with E-state index in [1.165, 1.54) is 16.3 Å². The van der Waals surface area contributed by atoms with Gasteiger partial charge >= 0.3 is 0 Å². The summed E-state index contributed by atoms with van der Waals surface area (Å²) >= 11 is 14.1. The maximum absolute atomic E-state index is 14.1. The molecule has 5 aromatic rings. The first-order valence-electron chi connectivity index (χ1n) is 11.0. The minimum Gasteiger partial charge on any atom is -0.488 e. The summed E-state index contributed by atoms with van der Waals surface area (Å²) in [4.78, 5) is 4.76. The Kier molecular flexibility index (Phi) is 6.91. The number of hydrogen-bond donors (Lipinski definition) is 1. The summed E-state index contributed by atoms with van der Waals surface area (Å²) in [5, 5.41) is 5.33. The van der Waals surface area contributed by atoms with Crippen LogP contribution in [-0.4, -0.2) is 4.98 Å². The SMILES string of the molecule is Cc1ccc2nc(-c3ccc(NCc4cc(Cl)ccc4OCc4c(F)cccc4Cl)cc3)sc2c1. The molecule has 1 aromatic heterocycles. The smallest absolute Gasteiger partial charge is 0.131 e. The highest BCUT2D eigenvalue weighted by atomic mass is 35.5. The first kappa shape index (κ1) is 23.6. The minimum absolute atomic E-state index is 0.0243. The van der Waals surface area contributed by atoms with Gasteiger partial charge in [0.05, 0.1) is 15.2 Å². The van der Waals surface area contributed by atoms with E-state index in [0.717, 1.165) is 27.3 Å². The fourth-order valence-corrected chi connectivity index (χ4v) is 5.21. The molecule has 0 saturated heterocycles. The van der Waals surface area contributed by atoms with Crippen molar-refractivity contribution < 1.29 is 9.13 Å². The van der Waals surface area contributed by atoms with Gasteiger partial charge in [-0.25, -0.2) is 9.37 Å². The first-order chi connectivity index (χ1) is 17.0. The minimum atomic E-state index is -0.394. The third-order valence-corrected chi connectivity index (χ3v) is 7.27. The number of nitrogens with one attached hydrogen (secondary N) is 1. The molecular formula is C28H21Cl2FN2OS. The summed E-state index contributed by atoms with van der Waals surface area (Å²) in [5.74, 6) is 0.220. The lowest BCUT2D eigenvalue weighted by molar-refractivity contribution is 0.297. The quantitative estimate of drug-likeness (QED) is 0.231. The van der Waals surface area contributed by atoms with E-state index >= 15 is 0 Å². The Hall–Kier alpha value is -3.12. The van der Waals surface area contributed by atoms with E-state index in [1.807, 2.05) is 18.2 Å². The molecule has 7 heteroatoms. The monoisotopic (exact) mass is 522 g/mol. The topological polar surface area (TPSA) is 34.2 Å². The maximum Gasteiger partial charge on any atom is 0.131 e. The van der Waals surface area contributed by atoms with Crippen molar-refractivity contribution in [3.05, 3.63) is 111 Å². The van der Waals surface area contributed by atoms with E-state index in [-0.39, 0.29) is 6.61 Å². The van der Waals surface area contributed by atoms with E-state index < -0.39 is 5.82 Å². The van der Waals surface area contributed by atoms with Crippen molar-refractivity contribution in [1.29, 1.82) is 0 Å². The summed E-state index contributed by atoms with van der Waals surface area (Å²) < 4.78 is 21.2. The van der Waals surface area contributed by atoms with Crippen LogP contribution in [0.2, 0.25) is 10.0 Å². The Morgan fingerprint density at radius 3 is 2.60 bits per heavy atom. The number of anilines is 1. The number of nitrogens with zero attached hydrogens (tertiary/aromatic N) is 1. The first-order valence-corrected chi connectivity index (χ1v) is 12.6. The number of rotatable bonds is 7. The zero-order chi connectivity index (χ0) is 24.4. The van der Waals surface area contributed by atoms with Gasteiger partial charge in [-0.2, -0.15) is 0 Å².